The molecule has 0 spiro atoms. The number of rotatable bonds is 6. The van der Waals surface area contributed by atoms with Crippen LogP contribution in [-0.2, 0) is 9.59 Å². The van der Waals surface area contributed by atoms with Crippen molar-refractivity contribution in [1.82, 2.24) is 4.90 Å². The summed E-state index contributed by atoms with van der Waals surface area (Å²) in [6.45, 7) is 2.64. The topological polar surface area (TPSA) is 116 Å². The number of non-ortho nitro benzene ring substituents is 1. The van der Waals surface area contributed by atoms with Crippen molar-refractivity contribution in [2.24, 2.45) is 5.92 Å². The normalized spacial score (nSPS) is 17.4. The Bertz CT molecular complexity index is 1340. The van der Waals surface area contributed by atoms with Crippen LogP contribution in [0.15, 0.2) is 78.9 Å². The van der Waals surface area contributed by atoms with Gasteiger partial charge in [0, 0.05) is 73.9 Å². The minimum atomic E-state index is -0.448. The molecule has 0 bridgehead atoms. The third kappa shape index (κ3) is 5.34. The number of nitro groups is 1. The van der Waals surface area contributed by atoms with E-state index in [0.717, 1.165) is 11.4 Å². The van der Waals surface area contributed by atoms with E-state index in [1.807, 2.05) is 30.3 Å². The molecule has 1 atom stereocenters. The summed E-state index contributed by atoms with van der Waals surface area (Å²) in [6, 6.07) is 22.5. The van der Waals surface area contributed by atoms with Crippen molar-refractivity contribution >= 4 is 40.5 Å². The van der Waals surface area contributed by atoms with Crippen LogP contribution in [0.5, 0.6) is 0 Å². The lowest BCUT2D eigenvalue weighted by molar-refractivity contribution is -0.384. The minimum absolute atomic E-state index is 0.0492. The van der Waals surface area contributed by atoms with Crippen molar-refractivity contribution in [3.63, 3.8) is 0 Å². The zero-order valence-corrected chi connectivity index (χ0v) is 20.7. The third-order valence-corrected chi connectivity index (χ3v) is 6.96. The number of piperazine rings is 1. The molecule has 5 rings (SSSR count). The first-order chi connectivity index (χ1) is 18.4. The summed E-state index contributed by atoms with van der Waals surface area (Å²) < 4.78 is 0. The molecule has 1 N–H and O–H groups in total. The number of anilines is 3. The molecular weight excluding hydrogens is 486 g/mol. The number of hydrogen-bond donors (Lipinski definition) is 1. The van der Waals surface area contributed by atoms with Crippen LogP contribution in [0, 0.1) is 16.0 Å². The predicted octanol–water partition coefficient (Wildman–Crippen LogP) is 3.55. The highest BCUT2D eigenvalue weighted by molar-refractivity contribution is 6.03. The van der Waals surface area contributed by atoms with E-state index < -0.39 is 10.8 Å². The van der Waals surface area contributed by atoms with Crippen molar-refractivity contribution in [2.45, 2.75) is 6.42 Å². The van der Waals surface area contributed by atoms with Gasteiger partial charge in [0.1, 0.15) is 0 Å². The first-order valence-electron chi connectivity index (χ1n) is 12.4. The summed E-state index contributed by atoms with van der Waals surface area (Å²) in [6.07, 6.45) is 0.156. The first-order valence-corrected chi connectivity index (χ1v) is 12.4. The quantitative estimate of drug-likeness (QED) is 0.398. The van der Waals surface area contributed by atoms with Gasteiger partial charge in [-0.3, -0.25) is 24.5 Å². The maximum absolute atomic E-state index is 13.0. The maximum atomic E-state index is 13.0. The number of amides is 3. The highest BCUT2D eigenvalue weighted by atomic mass is 16.6. The van der Waals surface area contributed by atoms with Crippen molar-refractivity contribution in [3.8, 4) is 0 Å². The first kappa shape index (κ1) is 24.9. The van der Waals surface area contributed by atoms with Crippen molar-refractivity contribution in [3.05, 3.63) is 94.5 Å². The molecule has 3 aromatic rings. The average molecular weight is 514 g/mol. The van der Waals surface area contributed by atoms with Crippen LogP contribution < -0.4 is 15.1 Å². The number of carbonyl (C=O) groups is 3. The SMILES string of the molecule is O=C(Nc1ccc(C(=O)N2CCN(c3ccc([N+](=O)[O-])cc3)CC2)cc1)C1CC(=O)N(c2ccccc2)C1. The average Bonchev–Trinajstić information content (AvgIpc) is 3.35. The van der Waals surface area contributed by atoms with E-state index >= 15 is 0 Å². The number of nitro benzene ring substituents is 1. The van der Waals surface area contributed by atoms with Gasteiger partial charge < -0.3 is 20.0 Å². The second kappa shape index (κ2) is 10.7. The van der Waals surface area contributed by atoms with Crippen LogP contribution >= 0.6 is 0 Å². The molecule has 0 radical (unpaired) electrons. The van der Waals surface area contributed by atoms with Gasteiger partial charge in [-0.2, -0.15) is 0 Å². The predicted molar refractivity (Wildman–Crippen MR) is 143 cm³/mol. The Labute approximate surface area is 219 Å². The maximum Gasteiger partial charge on any atom is 0.269 e. The van der Waals surface area contributed by atoms with Crippen molar-refractivity contribution in [1.29, 1.82) is 0 Å². The molecule has 38 heavy (non-hydrogen) atoms. The van der Waals surface area contributed by atoms with Gasteiger partial charge in [-0.05, 0) is 48.5 Å². The monoisotopic (exact) mass is 513 g/mol. The Kier molecular flexibility index (Phi) is 7.03. The fourth-order valence-electron chi connectivity index (χ4n) is 4.82. The van der Waals surface area contributed by atoms with Crippen molar-refractivity contribution < 1.29 is 19.3 Å². The van der Waals surface area contributed by atoms with Gasteiger partial charge >= 0.3 is 0 Å². The minimum Gasteiger partial charge on any atom is -0.368 e. The number of hydrogen-bond acceptors (Lipinski definition) is 6. The summed E-state index contributed by atoms with van der Waals surface area (Å²) in [5.41, 5.74) is 2.81. The van der Waals surface area contributed by atoms with E-state index in [9.17, 15) is 24.5 Å². The van der Waals surface area contributed by atoms with E-state index in [1.54, 1.807) is 46.2 Å². The molecule has 194 valence electrons. The lowest BCUT2D eigenvalue weighted by atomic mass is 10.1. The molecule has 2 aliphatic rings. The standard InChI is InChI=1S/C28H27N5O5/c34-26-18-21(19-32(26)24-4-2-1-3-5-24)27(35)29-22-8-6-20(7-9-22)28(36)31-16-14-30(15-17-31)23-10-12-25(13-11-23)33(37)38/h1-13,21H,14-19H2,(H,29,35). The molecule has 10 heteroatoms. The van der Waals surface area contributed by atoms with Crippen LogP contribution in [0.2, 0.25) is 0 Å². The van der Waals surface area contributed by atoms with Crippen LogP contribution in [0.25, 0.3) is 0 Å². The second-order valence-electron chi connectivity index (χ2n) is 9.36. The summed E-state index contributed by atoms with van der Waals surface area (Å²) >= 11 is 0. The van der Waals surface area contributed by atoms with Gasteiger partial charge in [0.15, 0.2) is 0 Å². The van der Waals surface area contributed by atoms with Gasteiger partial charge in [-0.1, -0.05) is 18.2 Å². The van der Waals surface area contributed by atoms with Crippen LogP contribution in [-0.4, -0.2) is 60.3 Å². The van der Waals surface area contributed by atoms with E-state index in [1.165, 1.54) is 12.1 Å². The number of para-hydroxylation sites is 1. The molecule has 1 unspecified atom stereocenters. The van der Waals surface area contributed by atoms with Crippen LogP contribution in [0.1, 0.15) is 16.8 Å². The molecular formula is C28H27N5O5. The molecule has 0 aliphatic carbocycles. The second-order valence-corrected chi connectivity index (χ2v) is 9.36. The smallest absolute Gasteiger partial charge is 0.269 e. The van der Waals surface area contributed by atoms with Gasteiger partial charge in [-0.25, -0.2) is 0 Å². The fraction of sp³-hybridized carbons (Fsp3) is 0.250. The van der Waals surface area contributed by atoms with E-state index in [-0.39, 0.29) is 29.8 Å². The summed E-state index contributed by atoms with van der Waals surface area (Å²) in [7, 11) is 0. The number of nitrogens with one attached hydrogen (secondary N) is 1. The number of carbonyl (C=O) groups excluding carboxylic acids is 3. The summed E-state index contributed by atoms with van der Waals surface area (Å²) in [4.78, 5) is 54.2. The molecule has 2 saturated heterocycles. The van der Waals surface area contributed by atoms with Crippen molar-refractivity contribution in [2.75, 3.05) is 47.8 Å². The zero-order chi connectivity index (χ0) is 26.6. The Morgan fingerprint density at radius 3 is 2.13 bits per heavy atom. The van der Waals surface area contributed by atoms with E-state index in [0.29, 0.717) is 44.0 Å². The van der Waals surface area contributed by atoms with Crippen LogP contribution in [0.4, 0.5) is 22.7 Å². The van der Waals surface area contributed by atoms with Crippen LogP contribution in [0.3, 0.4) is 0 Å². The van der Waals surface area contributed by atoms with Gasteiger partial charge in [0.2, 0.25) is 11.8 Å². The Morgan fingerprint density at radius 1 is 0.842 bits per heavy atom. The lowest BCUT2D eigenvalue weighted by Gasteiger charge is -2.36. The lowest BCUT2D eigenvalue weighted by Crippen LogP contribution is -2.48. The summed E-state index contributed by atoms with van der Waals surface area (Å²) in [5.74, 6) is -0.841. The molecule has 3 aromatic carbocycles. The molecule has 0 aromatic heterocycles. The van der Waals surface area contributed by atoms with Gasteiger partial charge in [0.05, 0.1) is 10.8 Å². The molecule has 2 fully saturated rings. The molecule has 10 nitrogen and oxygen atoms in total. The Hall–Kier alpha value is -4.73. The largest absolute Gasteiger partial charge is 0.368 e. The van der Waals surface area contributed by atoms with E-state index in [2.05, 4.69) is 10.2 Å². The summed E-state index contributed by atoms with van der Waals surface area (Å²) in [5, 5.41) is 13.7. The third-order valence-electron chi connectivity index (χ3n) is 6.96. The fourth-order valence-corrected chi connectivity index (χ4v) is 4.82. The Balaban J connectivity index is 1.13. The molecule has 0 saturated carbocycles. The Morgan fingerprint density at radius 2 is 1.50 bits per heavy atom. The van der Waals surface area contributed by atoms with Gasteiger partial charge in [0.25, 0.3) is 11.6 Å². The van der Waals surface area contributed by atoms with Gasteiger partial charge in [-0.15, -0.1) is 0 Å². The molecule has 2 heterocycles. The number of nitrogens with zero attached hydrogens (tertiary/aromatic N) is 4. The highest BCUT2D eigenvalue weighted by Gasteiger charge is 2.35. The molecule has 2 aliphatic heterocycles. The van der Waals surface area contributed by atoms with E-state index in [4.69, 9.17) is 0 Å². The zero-order valence-electron chi connectivity index (χ0n) is 20.7. The highest BCUT2D eigenvalue weighted by Crippen LogP contribution is 2.26. The number of benzene rings is 3. The molecule has 3 amide bonds.